The first-order chi connectivity index (χ1) is 9.82. The second-order valence-electron chi connectivity index (χ2n) is 5.73. The van der Waals surface area contributed by atoms with Gasteiger partial charge in [0, 0.05) is 12.6 Å². The van der Waals surface area contributed by atoms with Crippen LogP contribution in [0, 0.1) is 6.92 Å². The van der Waals surface area contributed by atoms with Gasteiger partial charge in [-0.2, -0.15) is 4.31 Å². The van der Waals surface area contributed by atoms with Crippen LogP contribution < -0.4 is 0 Å². The van der Waals surface area contributed by atoms with E-state index in [0.29, 0.717) is 17.2 Å². The largest absolute Gasteiger partial charge is 0.393 e. The molecule has 0 bridgehead atoms. The van der Waals surface area contributed by atoms with Gasteiger partial charge in [-0.1, -0.05) is 12.8 Å². The van der Waals surface area contributed by atoms with Gasteiger partial charge in [0.1, 0.15) is 4.21 Å². The van der Waals surface area contributed by atoms with Crippen molar-refractivity contribution in [3.63, 3.8) is 0 Å². The monoisotopic (exact) mass is 395 g/mol. The van der Waals surface area contributed by atoms with Gasteiger partial charge in [0.15, 0.2) is 0 Å². The molecular formula is C14H22BrNO3S2. The molecule has 2 unspecified atom stereocenters. The summed E-state index contributed by atoms with van der Waals surface area (Å²) in [4.78, 5) is 0. The summed E-state index contributed by atoms with van der Waals surface area (Å²) in [6.07, 6.45) is 3.82. The van der Waals surface area contributed by atoms with E-state index in [1.165, 1.54) is 11.3 Å². The van der Waals surface area contributed by atoms with E-state index in [2.05, 4.69) is 15.9 Å². The van der Waals surface area contributed by atoms with E-state index in [-0.39, 0.29) is 6.04 Å². The van der Waals surface area contributed by atoms with Gasteiger partial charge >= 0.3 is 0 Å². The number of nitrogens with zero attached hydrogens (tertiary/aromatic N) is 1. The SMILES string of the molecule is Cc1cc(S(=O)(=O)N2CCCCCC2CC(C)O)sc1Br. The van der Waals surface area contributed by atoms with Crippen molar-refractivity contribution in [2.24, 2.45) is 0 Å². The van der Waals surface area contributed by atoms with E-state index in [9.17, 15) is 13.5 Å². The predicted octanol–water partition coefficient (Wildman–Crippen LogP) is 3.52. The number of sulfonamides is 1. The third kappa shape index (κ3) is 4.07. The normalized spacial score (nSPS) is 23.0. The fourth-order valence-corrected chi connectivity index (χ4v) is 6.83. The Kier molecular flexibility index (Phi) is 5.87. The van der Waals surface area contributed by atoms with Crippen LogP contribution in [0.4, 0.5) is 0 Å². The van der Waals surface area contributed by atoms with Crippen molar-refractivity contribution in [2.45, 2.75) is 62.3 Å². The van der Waals surface area contributed by atoms with Gasteiger partial charge in [-0.05, 0) is 60.7 Å². The van der Waals surface area contributed by atoms with Crippen molar-refractivity contribution in [1.29, 1.82) is 0 Å². The molecule has 0 aliphatic carbocycles. The molecule has 120 valence electrons. The van der Waals surface area contributed by atoms with Crippen LogP contribution in [0.1, 0.15) is 44.6 Å². The third-order valence-corrected chi connectivity index (χ3v) is 8.37. The first-order valence-corrected chi connectivity index (χ1v) is 10.3. The van der Waals surface area contributed by atoms with Gasteiger partial charge in [0.25, 0.3) is 10.0 Å². The lowest BCUT2D eigenvalue weighted by molar-refractivity contribution is 0.147. The number of hydrogen-bond donors (Lipinski definition) is 1. The zero-order valence-corrected chi connectivity index (χ0v) is 15.6. The highest BCUT2D eigenvalue weighted by atomic mass is 79.9. The maximum absolute atomic E-state index is 12.9. The smallest absolute Gasteiger partial charge is 0.252 e. The highest BCUT2D eigenvalue weighted by molar-refractivity contribution is 9.11. The number of rotatable bonds is 4. The Morgan fingerprint density at radius 1 is 1.48 bits per heavy atom. The maximum Gasteiger partial charge on any atom is 0.252 e. The Morgan fingerprint density at radius 3 is 2.76 bits per heavy atom. The van der Waals surface area contributed by atoms with Crippen LogP contribution in [0.25, 0.3) is 0 Å². The van der Waals surface area contributed by atoms with Gasteiger partial charge in [-0.3, -0.25) is 0 Å². The molecule has 0 saturated carbocycles. The van der Waals surface area contributed by atoms with E-state index in [4.69, 9.17) is 0 Å². The van der Waals surface area contributed by atoms with Crippen molar-refractivity contribution >= 4 is 37.3 Å². The molecule has 2 atom stereocenters. The summed E-state index contributed by atoms with van der Waals surface area (Å²) >= 11 is 4.67. The van der Waals surface area contributed by atoms with E-state index < -0.39 is 16.1 Å². The lowest BCUT2D eigenvalue weighted by Crippen LogP contribution is -2.41. The van der Waals surface area contributed by atoms with Crippen LogP contribution in [-0.4, -0.2) is 36.5 Å². The minimum absolute atomic E-state index is 0.0984. The molecule has 4 nitrogen and oxygen atoms in total. The average molecular weight is 396 g/mol. The molecule has 0 amide bonds. The molecule has 1 fully saturated rings. The Hall–Kier alpha value is 0.0500. The van der Waals surface area contributed by atoms with Crippen molar-refractivity contribution in [3.8, 4) is 0 Å². The Bertz CT molecular complexity index is 564. The topological polar surface area (TPSA) is 57.6 Å². The van der Waals surface area contributed by atoms with E-state index >= 15 is 0 Å². The lowest BCUT2D eigenvalue weighted by atomic mass is 10.1. The number of aliphatic hydroxyl groups excluding tert-OH is 1. The summed E-state index contributed by atoms with van der Waals surface area (Å²) in [5.74, 6) is 0. The Morgan fingerprint density at radius 2 is 2.19 bits per heavy atom. The van der Waals surface area contributed by atoms with E-state index in [1.54, 1.807) is 17.3 Å². The summed E-state index contributed by atoms with van der Waals surface area (Å²) in [5.41, 5.74) is 0.945. The molecule has 21 heavy (non-hydrogen) atoms. The summed E-state index contributed by atoms with van der Waals surface area (Å²) in [7, 11) is -3.47. The van der Waals surface area contributed by atoms with Crippen LogP contribution in [0.15, 0.2) is 14.1 Å². The number of thiophene rings is 1. The quantitative estimate of drug-likeness (QED) is 0.847. The number of hydrogen-bond acceptors (Lipinski definition) is 4. The summed E-state index contributed by atoms with van der Waals surface area (Å²) < 4.78 is 28.7. The number of aliphatic hydroxyl groups is 1. The minimum atomic E-state index is -3.47. The molecule has 1 aliphatic heterocycles. The molecule has 1 aromatic heterocycles. The Labute approximate surface area is 139 Å². The highest BCUT2D eigenvalue weighted by Crippen LogP contribution is 2.35. The fourth-order valence-electron chi connectivity index (χ4n) is 2.77. The second kappa shape index (κ2) is 7.08. The minimum Gasteiger partial charge on any atom is -0.393 e. The van der Waals surface area contributed by atoms with E-state index in [1.807, 2.05) is 6.92 Å². The van der Waals surface area contributed by atoms with Crippen LogP contribution in [0.5, 0.6) is 0 Å². The van der Waals surface area contributed by atoms with Crippen LogP contribution in [0.3, 0.4) is 0 Å². The third-order valence-electron chi connectivity index (χ3n) is 3.83. The summed E-state index contributed by atoms with van der Waals surface area (Å²) in [6.45, 7) is 4.17. The first kappa shape index (κ1) is 17.4. The van der Waals surface area contributed by atoms with Crippen LogP contribution in [0.2, 0.25) is 0 Å². The molecule has 7 heteroatoms. The van der Waals surface area contributed by atoms with Crippen LogP contribution in [-0.2, 0) is 10.0 Å². The summed E-state index contributed by atoms with van der Waals surface area (Å²) in [6, 6.07) is 1.63. The fraction of sp³-hybridized carbons (Fsp3) is 0.714. The number of halogens is 1. The number of aryl methyl sites for hydroxylation is 1. The van der Waals surface area contributed by atoms with Crippen LogP contribution >= 0.6 is 27.3 Å². The van der Waals surface area contributed by atoms with Crippen molar-refractivity contribution < 1.29 is 13.5 Å². The lowest BCUT2D eigenvalue weighted by Gasteiger charge is -2.29. The van der Waals surface area contributed by atoms with Crippen molar-refractivity contribution in [1.82, 2.24) is 4.31 Å². The molecule has 0 aromatic carbocycles. The molecule has 0 radical (unpaired) electrons. The van der Waals surface area contributed by atoms with Gasteiger partial charge in [-0.25, -0.2) is 8.42 Å². The summed E-state index contributed by atoms with van der Waals surface area (Å²) in [5, 5.41) is 9.67. The van der Waals surface area contributed by atoms with Crippen molar-refractivity contribution in [2.75, 3.05) is 6.54 Å². The molecule has 1 aromatic rings. The zero-order chi connectivity index (χ0) is 15.6. The molecule has 1 aliphatic rings. The zero-order valence-electron chi connectivity index (χ0n) is 12.4. The molecular weight excluding hydrogens is 374 g/mol. The second-order valence-corrected chi connectivity index (χ2v) is 10.2. The van der Waals surface area contributed by atoms with Gasteiger partial charge in [0.05, 0.1) is 9.89 Å². The molecule has 1 saturated heterocycles. The Balaban J connectivity index is 2.33. The molecule has 1 N–H and O–H groups in total. The average Bonchev–Trinajstić information content (AvgIpc) is 2.61. The first-order valence-electron chi connectivity index (χ1n) is 7.28. The van der Waals surface area contributed by atoms with Crippen molar-refractivity contribution in [3.05, 3.63) is 15.4 Å². The predicted molar refractivity (Wildman–Crippen MR) is 89.2 cm³/mol. The van der Waals surface area contributed by atoms with E-state index in [0.717, 1.165) is 35.0 Å². The molecule has 2 rings (SSSR count). The molecule has 0 spiro atoms. The van der Waals surface area contributed by atoms with Gasteiger partial charge in [0.2, 0.25) is 0 Å². The highest BCUT2D eigenvalue weighted by Gasteiger charge is 2.34. The van der Waals surface area contributed by atoms with Gasteiger partial charge < -0.3 is 5.11 Å². The standard InChI is InChI=1S/C14H22BrNO3S2/c1-10-8-13(20-14(10)15)21(18,19)16-7-5-3-4-6-12(16)9-11(2)17/h8,11-12,17H,3-7,9H2,1-2H3. The maximum atomic E-state index is 12.9. The van der Waals surface area contributed by atoms with Gasteiger partial charge in [-0.15, -0.1) is 11.3 Å². The molecule has 2 heterocycles.